The number of carbonyl (C=O) groups is 2. The molecule has 0 aliphatic rings. The Morgan fingerprint density at radius 2 is 1.73 bits per heavy atom. The van der Waals surface area contributed by atoms with E-state index >= 15 is 0 Å². The summed E-state index contributed by atoms with van der Waals surface area (Å²) in [5.41, 5.74) is 1.28. The minimum Gasteiger partial charge on any atom is -0.479 e. The zero-order valence-corrected chi connectivity index (χ0v) is 13.1. The zero-order valence-electron chi connectivity index (χ0n) is 11.5. The van der Waals surface area contributed by atoms with Crippen molar-refractivity contribution < 1.29 is 19.4 Å². The van der Waals surface area contributed by atoms with E-state index in [9.17, 15) is 14.7 Å². The highest BCUT2D eigenvalue weighted by molar-refractivity contribution is 9.10. The van der Waals surface area contributed by atoms with Gasteiger partial charge >= 0.3 is 12.1 Å². The maximum atomic E-state index is 11.8. The van der Waals surface area contributed by atoms with Crippen LogP contribution in [0.25, 0.3) is 0 Å². The van der Waals surface area contributed by atoms with Crippen molar-refractivity contribution in [3.63, 3.8) is 0 Å². The average molecular weight is 364 g/mol. The summed E-state index contributed by atoms with van der Waals surface area (Å²) in [5.74, 6) is -1.16. The highest BCUT2D eigenvalue weighted by atomic mass is 79.9. The number of alkyl carbamates (subject to hydrolysis) is 1. The second-order valence-corrected chi connectivity index (χ2v) is 5.35. The summed E-state index contributed by atoms with van der Waals surface area (Å²) in [6.07, 6.45) is -0.785. The monoisotopic (exact) mass is 363 g/mol. The number of ether oxygens (including phenoxy) is 1. The van der Waals surface area contributed by atoms with Crippen LogP contribution in [0.5, 0.6) is 0 Å². The number of nitrogens with one attached hydrogen (secondary N) is 1. The third-order valence-electron chi connectivity index (χ3n) is 2.94. The first-order valence-electron chi connectivity index (χ1n) is 6.52. The molecule has 0 spiro atoms. The van der Waals surface area contributed by atoms with Crippen LogP contribution in [0.4, 0.5) is 4.79 Å². The molecule has 0 fully saturated rings. The largest absolute Gasteiger partial charge is 0.479 e. The van der Waals surface area contributed by atoms with Crippen molar-refractivity contribution in [2.24, 2.45) is 0 Å². The van der Waals surface area contributed by atoms with Crippen LogP contribution >= 0.6 is 15.9 Å². The first kappa shape index (κ1) is 16.0. The lowest BCUT2D eigenvalue weighted by molar-refractivity contribution is -0.139. The average Bonchev–Trinajstić information content (AvgIpc) is 2.52. The van der Waals surface area contributed by atoms with Crippen LogP contribution in [0.3, 0.4) is 0 Å². The van der Waals surface area contributed by atoms with Crippen LogP contribution in [-0.2, 0) is 16.1 Å². The van der Waals surface area contributed by atoms with E-state index in [0.29, 0.717) is 10.0 Å². The predicted octanol–water partition coefficient (Wildman–Crippen LogP) is 3.50. The van der Waals surface area contributed by atoms with E-state index in [-0.39, 0.29) is 6.61 Å². The minimum absolute atomic E-state index is 0.0783. The van der Waals surface area contributed by atoms with Gasteiger partial charge < -0.3 is 15.2 Å². The highest BCUT2D eigenvalue weighted by Gasteiger charge is 2.24. The van der Waals surface area contributed by atoms with Crippen molar-refractivity contribution >= 4 is 28.0 Å². The Bertz CT molecular complexity index is 660. The van der Waals surface area contributed by atoms with Crippen molar-refractivity contribution in [3.05, 3.63) is 70.2 Å². The standard InChI is InChI=1S/C16H14BrNO4/c17-13-9-5-4-8-12(13)14(15(19)20)18-16(21)22-10-11-6-2-1-3-7-11/h1-9,14H,10H2,(H,18,21)(H,19,20)/t14-/m1/s1. The van der Waals surface area contributed by atoms with Crippen molar-refractivity contribution in [1.29, 1.82) is 0 Å². The summed E-state index contributed by atoms with van der Waals surface area (Å²) in [6.45, 7) is 0.0783. The van der Waals surface area contributed by atoms with Crippen LogP contribution < -0.4 is 5.32 Å². The van der Waals surface area contributed by atoms with Gasteiger partial charge in [0, 0.05) is 4.47 Å². The van der Waals surface area contributed by atoms with Crippen molar-refractivity contribution in [1.82, 2.24) is 5.32 Å². The van der Waals surface area contributed by atoms with Gasteiger partial charge in [-0.25, -0.2) is 9.59 Å². The molecule has 0 unspecified atom stereocenters. The quantitative estimate of drug-likeness (QED) is 0.852. The van der Waals surface area contributed by atoms with Crippen LogP contribution in [0.2, 0.25) is 0 Å². The zero-order chi connectivity index (χ0) is 15.9. The fourth-order valence-electron chi connectivity index (χ4n) is 1.86. The molecule has 114 valence electrons. The lowest BCUT2D eigenvalue weighted by Crippen LogP contribution is -2.34. The van der Waals surface area contributed by atoms with Gasteiger partial charge in [0.15, 0.2) is 6.04 Å². The number of benzene rings is 2. The number of rotatable bonds is 5. The topological polar surface area (TPSA) is 75.6 Å². The van der Waals surface area contributed by atoms with Gasteiger partial charge in [-0.2, -0.15) is 0 Å². The summed E-state index contributed by atoms with van der Waals surface area (Å²) < 4.78 is 5.64. The first-order valence-corrected chi connectivity index (χ1v) is 7.31. The van der Waals surface area contributed by atoms with Crippen molar-refractivity contribution in [2.45, 2.75) is 12.6 Å². The Morgan fingerprint density at radius 1 is 1.09 bits per heavy atom. The maximum absolute atomic E-state index is 11.8. The third-order valence-corrected chi connectivity index (χ3v) is 3.66. The van der Waals surface area contributed by atoms with E-state index in [1.165, 1.54) is 0 Å². The molecule has 0 aliphatic carbocycles. The fraction of sp³-hybridized carbons (Fsp3) is 0.125. The molecular formula is C16H14BrNO4. The van der Waals surface area contributed by atoms with Crippen LogP contribution in [0, 0.1) is 0 Å². The minimum atomic E-state index is -1.18. The van der Waals surface area contributed by atoms with E-state index in [2.05, 4.69) is 21.2 Å². The number of amides is 1. The number of hydrogen-bond donors (Lipinski definition) is 2. The van der Waals surface area contributed by atoms with E-state index in [1.54, 1.807) is 24.3 Å². The normalized spacial score (nSPS) is 11.5. The van der Waals surface area contributed by atoms with Crippen LogP contribution in [0.1, 0.15) is 17.2 Å². The van der Waals surface area contributed by atoms with Gasteiger partial charge in [-0.3, -0.25) is 0 Å². The Labute approximate surface area is 136 Å². The van der Waals surface area contributed by atoms with Crippen LogP contribution in [0.15, 0.2) is 59.1 Å². The van der Waals surface area contributed by atoms with Gasteiger partial charge in [0.2, 0.25) is 0 Å². The molecule has 2 N–H and O–H groups in total. The molecule has 2 aromatic rings. The van der Waals surface area contributed by atoms with Crippen molar-refractivity contribution in [2.75, 3.05) is 0 Å². The van der Waals surface area contributed by atoms with E-state index < -0.39 is 18.1 Å². The van der Waals surface area contributed by atoms with Crippen molar-refractivity contribution in [3.8, 4) is 0 Å². The second kappa shape index (κ2) is 7.61. The molecule has 0 saturated heterocycles. The summed E-state index contributed by atoms with van der Waals surface area (Å²) in [5, 5.41) is 11.6. The lowest BCUT2D eigenvalue weighted by atomic mass is 10.1. The smallest absolute Gasteiger partial charge is 0.408 e. The lowest BCUT2D eigenvalue weighted by Gasteiger charge is -2.16. The highest BCUT2D eigenvalue weighted by Crippen LogP contribution is 2.23. The van der Waals surface area contributed by atoms with Crippen LogP contribution in [-0.4, -0.2) is 17.2 Å². The number of halogens is 1. The summed E-state index contributed by atoms with van der Waals surface area (Å²) in [6, 6.07) is 14.8. The molecule has 1 amide bonds. The molecule has 0 bridgehead atoms. The SMILES string of the molecule is O=C(N[C@@H](C(=O)O)c1ccccc1Br)OCc1ccccc1. The van der Waals surface area contributed by atoms with Gasteiger partial charge in [-0.15, -0.1) is 0 Å². The summed E-state index contributed by atoms with van der Waals surface area (Å²) in [7, 11) is 0. The third kappa shape index (κ3) is 4.33. The number of hydrogen-bond acceptors (Lipinski definition) is 3. The molecule has 2 aromatic carbocycles. The Balaban J connectivity index is 2.01. The molecule has 1 atom stereocenters. The maximum Gasteiger partial charge on any atom is 0.408 e. The van der Waals surface area contributed by atoms with E-state index in [1.807, 2.05) is 30.3 Å². The molecule has 0 radical (unpaired) electrons. The van der Waals surface area contributed by atoms with Gasteiger partial charge in [0.05, 0.1) is 0 Å². The summed E-state index contributed by atoms with van der Waals surface area (Å²) in [4.78, 5) is 23.2. The Kier molecular flexibility index (Phi) is 5.55. The van der Waals surface area contributed by atoms with Gasteiger partial charge in [-0.1, -0.05) is 64.5 Å². The second-order valence-electron chi connectivity index (χ2n) is 4.50. The van der Waals surface area contributed by atoms with E-state index in [0.717, 1.165) is 5.56 Å². The molecular weight excluding hydrogens is 350 g/mol. The Hall–Kier alpha value is -2.34. The number of carboxylic acid groups (broad SMARTS) is 1. The molecule has 2 rings (SSSR count). The molecule has 5 nitrogen and oxygen atoms in total. The molecule has 0 saturated carbocycles. The summed E-state index contributed by atoms with van der Waals surface area (Å²) >= 11 is 3.28. The molecule has 22 heavy (non-hydrogen) atoms. The molecule has 0 heterocycles. The van der Waals surface area contributed by atoms with Gasteiger partial charge in [0.1, 0.15) is 6.61 Å². The Morgan fingerprint density at radius 3 is 2.36 bits per heavy atom. The van der Waals surface area contributed by atoms with Gasteiger partial charge in [0.25, 0.3) is 0 Å². The molecule has 0 aromatic heterocycles. The number of carboxylic acids is 1. The van der Waals surface area contributed by atoms with Gasteiger partial charge in [-0.05, 0) is 17.2 Å². The van der Waals surface area contributed by atoms with E-state index in [4.69, 9.17) is 4.74 Å². The fourth-order valence-corrected chi connectivity index (χ4v) is 2.38. The molecule has 0 aliphatic heterocycles. The number of aliphatic carboxylic acids is 1. The molecule has 6 heteroatoms. The first-order chi connectivity index (χ1) is 10.6. The number of carbonyl (C=O) groups excluding carboxylic acids is 1. The predicted molar refractivity (Wildman–Crippen MR) is 84.3 cm³/mol.